The van der Waals surface area contributed by atoms with Crippen molar-refractivity contribution < 1.29 is 19.2 Å². The van der Waals surface area contributed by atoms with Gasteiger partial charge in [-0.3, -0.25) is 4.79 Å². The summed E-state index contributed by atoms with van der Waals surface area (Å²) in [6.07, 6.45) is 0. The summed E-state index contributed by atoms with van der Waals surface area (Å²) in [6, 6.07) is 15.1. The number of rotatable bonds is 5. The molecule has 1 heterocycles. The Balaban J connectivity index is 1.58. The maximum atomic E-state index is 12.3. The zero-order valence-electron chi connectivity index (χ0n) is 13.9. The summed E-state index contributed by atoms with van der Waals surface area (Å²) in [5.41, 5.74) is 2.65. The molecule has 2 aromatic rings. The number of morpholine rings is 1. The highest BCUT2D eigenvalue weighted by atomic mass is 16.5. The maximum absolute atomic E-state index is 12.3. The minimum atomic E-state index is -0.106. The highest BCUT2D eigenvalue weighted by Crippen LogP contribution is 2.16. The van der Waals surface area contributed by atoms with Gasteiger partial charge in [-0.25, -0.2) is 0 Å². The molecule has 0 aliphatic carbocycles. The first kappa shape index (κ1) is 16.5. The molecule has 0 spiro atoms. The standard InChI is InChI=1S/C19H22N2O3/c1-23-18-8-6-17(7-9-18)20-19(22)16-4-2-15(3-5-16)14-21-10-12-24-13-11-21/h2-9H,10-14H2,1H3,(H,20,22)/p+1. The van der Waals surface area contributed by atoms with Crippen LogP contribution < -0.4 is 15.0 Å². The molecule has 1 saturated heterocycles. The van der Waals surface area contributed by atoms with Gasteiger partial charge in [0.2, 0.25) is 0 Å². The fraction of sp³-hybridized carbons (Fsp3) is 0.316. The molecular formula is C19H23N2O3+. The number of nitrogens with one attached hydrogen (secondary N) is 2. The van der Waals surface area contributed by atoms with Gasteiger partial charge < -0.3 is 19.7 Å². The number of benzene rings is 2. The number of hydrogen-bond acceptors (Lipinski definition) is 3. The third-order valence-electron chi connectivity index (χ3n) is 4.22. The van der Waals surface area contributed by atoms with Crippen LogP contribution in [0.15, 0.2) is 48.5 Å². The van der Waals surface area contributed by atoms with Crippen molar-refractivity contribution in [1.82, 2.24) is 0 Å². The van der Waals surface area contributed by atoms with E-state index in [1.807, 2.05) is 48.5 Å². The van der Waals surface area contributed by atoms with Crippen LogP contribution in [0, 0.1) is 0 Å². The molecule has 1 aliphatic heterocycles. The molecule has 0 saturated carbocycles. The topological polar surface area (TPSA) is 52.0 Å². The van der Waals surface area contributed by atoms with Gasteiger partial charge in [0.25, 0.3) is 5.91 Å². The van der Waals surface area contributed by atoms with E-state index >= 15 is 0 Å². The van der Waals surface area contributed by atoms with Crippen LogP contribution in [-0.2, 0) is 11.3 Å². The second-order valence-corrected chi connectivity index (χ2v) is 5.92. The highest BCUT2D eigenvalue weighted by Gasteiger charge is 2.14. The summed E-state index contributed by atoms with van der Waals surface area (Å²) in [5.74, 6) is 0.661. The molecule has 0 atom stereocenters. The molecule has 0 unspecified atom stereocenters. The monoisotopic (exact) mass is 327 g/mol. The largest absolute Gasteiger partial charge is 0.497 e. The van der Waals surface area contributed by atoms with E-state index < -0.39 is 0 Å². The summed E-state index contributed by atoms with van der Waals surface area (Å²) < 4.78 is 10.5. The molecule has 126 valence electrons. The smallest absolute Gasteiger partial charge is 0.255 e. The maximum Gasteiger partial charge on any atom is 0.255 e. The molecule has 2 aromatic carbocycles. The normalized spacial score (nSPS) is 15.0. The van der Waals surface area contributed by atoms with Crippen molar-refractivity contribution in [2.75, 3.05) is 38.7 Å². The Labute approximate surface area is 142 Å². The SMILES string of the molecule is COc1ccc(NC(=O)c2ccc(C[NH+]3CCOCC3)cc2)cc1. The van der Waals surface area contributed by atoms with E-state index in [-0.39, 0.29) is 5.91 Å². The molecule has 24 heavy (non-hydrogen) atoms. The summed E-state index contributed by atoms with van der Waals surface area (Å²) >= 11 is 0. The number of carbonyl (C=O) groups excluding carboxylic acids is 1. The van der Waals surface area contributed by atoms with Crippen molar-refractivity contribution in [3.8, 4) is 5.75 Å². The van der Waals surface area contributed by atoms with Gasteiger partial charge in [-0.2, -0.15) is 0 Å². The zero-order chi connectivity index (χ0) is 16.8. The lowest BCUT2D eigenvalue weighted by Crippen LogP contribution is -3.12. The summed E-state index contributed by atoms with van der Waals surface area (Å²) in [6.45, 7) is 4.72. The Bertz CT molecular complexity index is 662. The average Bonchev–Trinajstić information content (AvgIpc) is 2.64. The van der Waals surface area contributed by atoms with E-state index in [9.17, 15) is 4.79 Å². The molecule has 2 N–H and O–H groups in total. The van der Waals surface area contributed by atoms with Crippen molar-refractivity contribution >= 4 is 11.6 Å². The lowest BCUT2D eigenvalue weighted by molar-refractivity contribution is -0.921. The summed E-state index contributed by atoms with van der Waals surface area (Å²) in [7, 11) is 1.62. The first-order valence-corrected chi connectivity index (χ1v) is 8.20. The second-order valence-electron chi connectivity index (χ2n) is 5.92. The Kier molecular flexibility index (Phi) is 5.46. The lowest BCUT2D eigenvalue weighted by Gasteiger charge is -2.23. The van der Waals surface area contributed by atoms with E-state index in [0.29, 0.717) is 5.56 Å². The first-order chi connectivity index (χ1) is 11.7. The van der Waals surface area contributed by atoms with Crippen LogP contribution in [0.5, 0.6) is 5.75 Å². The van der Waals surface area contributed by atoms with Gasteiger partial charge in [0.05, 0.1) is 20.3 Å². The fourth-order valence-corrected chi connectivity index (χ4v) is 2.78. The van der Waals surface area contributed by atoms with Crippen LogP contribution in [0.2, 0.25) is 0 Å². The Morgan fingerprint density at radius 2 is 1.75 bits per heavy atom. The minimum Gasteiger partial charge on any atom is -0.497 e. The van der Waals surface area contributed by atoms with Crippen molar-refractivity contribution in [2.24, 2.45) is 0 Å². The molecule has 0 radical (unpaired) electrons. The quantitative estimate of drug-likeness (QED) is 0.872. The van der Waals surface area contributed by atoms with E-state index in [1.54, 1.807) is 7.11 Å². The fourth-order valence-electron chi connectivity index (χ4n) is 2.78. The van der Waals surface area contributed by atoms with Gasteiger partial charge in [-0.05, 0) is 36.4 Å². The Morgan fingerprint density at radius 1 is 1.08 bits per heavy atom. The van der Waals surface area contributed by atoms with Crippen LogP contribution in [-0.4, -0.2) is 39.3 Å². The lowest BCUT2D eigenvalue weighted by atomic mass is 10.1. The Hall–Kier alpha value is -2.37. The van der Waals surface area contributed by atoms with Gasteiger partial charge >= 0.3 is 0 Å². The van der Waals surface area contributed by atoms with E-state index in [2.05, 4.69) is 5.32 Å². The molecule has 0 bridgehead atoms. The van der Waals surface area contributed by atoms with Crippen LogP contribution in [0.3, 0.4) is 0 Å². The van der Waals surface area contributed by atoms with Crippen molar-refractivity contribution in [3.63, 3.8) is 0 Å². The minimum absolute atomic E-state index is 0.106. The zero-order valence-corrected chi connectivity index (χ0v) is 13.9. The molecule has 3 rings (SSSR count). The van der Waals surface area contributed by atoms with Gasteiger partial charge in [-0.1, -0.05) is 12.1 Å². The summed E-state index contributed by atoms with van der Waals surface area (Å²) in [5, 5.41) is 2.89. The van der Waals surface area contributed by atoms with Crippen molar-refractivity contribution in [1.29, 1.82) is 0 Å². The van der Waals surface area contributed by atoms with Crippen molar-refractivity contribution in [2.45, 2.75) is 6.54 Å². The number of anilines is 1. The number of methoxy groups -OCH3 is 1. The van der Waals surface area contributed by atoms with Crippen LogP contribution in [0.25, 0.3) is 0 Å². The van der Waals surface area contributed by atoms with Gasteiger partial charge in [0.1, 0.15) is 25.4 Å². The third kappa shape index (κ3) is 4.34. The summed E-state index contributed by atoms with van der Waals surface area (Å²) in [4.78, 5) is 13.8. The number of carbonyl (C=O) groups is 1. The van der Waals surface area contributed by atoms with Crippen molar-refractivity contribution in [3.05, 3.63) is 59.7 Å². The molecule has 0 aromatic heterocycles. The van der Waals surface area contributed by atoms with E-state index in [4.69, 9.17) is 9.47 Å². The van der Waals surface area contributed by atoms with Crippen LogP contribution in [0.1, 0.15) is 15.9 Å². The number of ether oxygens (including phenoxy) is 2. The number of hydrogen-bond donors (Lipinski definition) is 2. The van der Waals surface area contributed by atoms with Crippen LogP contribution >= 0.6 is 0 Å². The number of quaternary nitrogens is 1. The van der Waals surface area contributed by atoms with E-state index in [0.717, 1.165) is 44.3 Å². The van der Waals surface area contributed by atoms with E-state index in [1.165, 1.54) is 10.5 Å². The molecular weight excluding hydrogens is 304 g/mol. The first-order valence-electron chi connectivity index (χ1n) is 8.20. The second kappa shape index (κ2) is 7.95. The number of amides is 1. The average molecular weight is 327 g/mol. The molecule has 1 amide bonds. The third-order valence-corrected chi connectivity index (χ3v) is 4.22. The Morgan fingerprint density at radius 3 is 2.38 bits per heavy atom. The van der Waals surface area contributed by atoms with Gasteiger partial charge in [-0.15, -0.1) is 0 Å². The molecule has 1 aliphatic rings. The predicted molar refractivity (Wildman–Crippen MR) is 92.6 cm³/mol. The highest BCUT2D eigenvalue weighted by molar-refractivity contribution is 6.04. The molecule has 5 heteroatoms. The van der Waals surface area contributed by atoms with Gasteiger partial charge in [0.15, 0.2) is 0 Å². The molecule has 5 nitrogen and oxygen atoms in total. The van der Waals surface area contributed by atoms with Gasteiger partial charge in [0, 0.05) is 16.8 Å². The molecule has 1 fully saturated rings. The van der Waals surface area contributed by atoms with Crippen LogP contribution in [0.4, 0.5) is 5.69 Å². The predicted octanol–water partition coefficient (Wildman–Crippen LogP) is 1.36.